The Balaban J connectivity index is 2.23. The summed E-state index contributed by atoms with van der Waals surface area (Å²) < 4.78 is 21.4. The molecule has 0 bridgehead atoms. The maximum atomic E-state index is 12.4. The lowest BCUT2D eigenvalue weighted by atomic mass is 10.1. The number of hydrogen-bond acceptors (Lipinski definition) is 6. The van der Waals surface area contributed by atoms with Gasteiger partial charge in [0.1, 0.15) is 0 Å². The number of methoxy groups -OCH3 is 3. The van der Waals surface area contributed by atoms with Gasteiger partial charge < -0.3 is 30.0 Å². The van der Waals surface area contributed by atoms with Gasteiger partial charge in [0.25, 0.3) is 5.91 Å². The molecule has 2 rings (SSSR count). The number of carbonyl (C=O) groups excluding carboxylic acids is 2. The van der Waals surface area contributed by atoms with Crippen LogP contribution in [0.2, 0.25) is 0 Å². The van der Waals surface area contributed by atoms with E-state index in [-0.39, 0.29) is 17.4 Å². The Hall–Kier alpha value is -3.68. The largest absolute Gasteiger partial charge is 0.493 e. The average Bonchev–Trinajstić information content (AvgIpc) is 2.71. The molecule has 2 amide bonds. The van der Waals surface area contributed by atoms with E-state index < -0.39 is 11.8 Å². The molecule has 0 aliphatic heterocycles. The zero-order valence-corrected chi connectivity index (χ0v) is 17.6. The molecule has 30 heavy (non-hydrogen) atoms. The second kappa shape index (κ2) is 10.2. The van der Waals surface area contributed by atoms with Crippen LogP contribution < -0.4 is 30.0 Å². The molecule has 0 heterocycles. The van der Waals surface area contributed by atoms with E-state index in [1.54, 1.807) is 31.4 Å². The van der Waals surface area contributed by atoms with Crippen molar-refractivity contribution in [2.24, 2.45) is 5.73 Å². The molecule has 0 unspecified atom stereocenters. The summed E-state index contributed by atoms with van der Waals surface area (Å²) in [4.78, 5) is 24.2. The van der Waals surface area contributed by atoms with Crippen molar-refractivity contribution in [3.63, 3.8) is 0 Å². The third-order valence-corrected chi connectivity index (χ3v) is 4.02. The van der Waals surface area contributed by atoms with Crippen molar-refractivity contribution >= 4 is 23.6 Å². The molecule has 8 nitrogen and oxygen atoms in total. The quantitative estimate of drug-likeness (QED) is 0.610. The molecular formula is C22H26N2O6. The van der Waals surface area contributed by atoms with Crippen LogP contribution in [0, 0.1) is 0 Å². The van der Waals surface area contributed by atoms with Crippen molar-refractivity contribution in [2.45, 2.75) is 20.0 Å². The number of primary amides is 1. The van der Waals surface area contributed by atoms with Crippen LogP contribution in [0.25, 0.3) is 6.08 Å². The van der Waals surface area contributed by atoms with Gasteiger partial charge in [-0.2, -0.15) is 0 Å². The van der Waals surface area contributed by atoms with E-state index in [4.69, 9.17) is 24.7 Å². The molecule has 0 saturated carbocycles. The number of benzene rings is 2. The lowest BCUT2D eigenvalue weighted by molar-refractivity contribution is -0.111. The van der Waals surface area contributed by atoms with Gasteiger partial charge in [-0.1, -0.05) is 6.07 Å². The monoisotopic (exact) mass is 414 g/mol. The van der Waals surface area contributed by atoms with Crippen LogP contribution in [0.4, 0.5) is 5.69 Å². The Bertz CT molecular complexity index is 953. The van der Waals surface area contributed by atoms with Gasteiger partial charge in [0.05, 0.1) is 38.7 Å². The molecule has 0 saturated heterocycles. The van der Waals surface area contributed by atoms with Crippen LogP contribution in [0.1, 0.15) is 29.8 Å². The summed E-state index contributed by atoms with van der Waals surface area (Å²) in [6.45, 7) is 3.85. The number of rotatable bonds is 9. The van der Waals surface area contributed by atoms with Crippen LogP contribution in [-0.2, 0) is 4.79 Å². The number of ether oxygens (including phenoxy) is 4. The van der Waals surface area contributed by atoms with Crippen molar-refractivity contribution in [1.82, 2.24) is 0 Å². The van der Waals surface area contributed by atoms with Crippen molar-refractivity contribution in [3.05, 3.63) is 47.5 Å². The molecule has 0 aliphatic rings. The first-order chi connectivity index (χ1) is 14.3. The summed E-state index contributed by atoms with van der Waals surface area (Å²) in [6, 6.07) is 8.22. The van der Waals surface area contributed by atoms with E-state index in [2.05, 4.69) is 5.32 Å². The molecule has 2 aromatic carbocycles. The SMILES string of the molecule is COc1cc(NC(=O)/C=C/c2ccc(OC(C)C)c(OC)c2)c(C(N)=O)cc1OC. The minimum Gasteiger partial charge on any atom is -0.493 e. The molecule has 0 radical (unpaired) electrons. The van der Waals surface area contributed by atoms with Gasteiger partial charge in [0.15, 0.2) is 23.0 Å². The summed E-state index contributed by atoms with van der Waals surface area (Å²) in [6.07, 6.45) is 2.95. The highest BCUT2D eigenvalue weighted by atomic mass is 16.5. The fraction of sp³-hybridized carbons (Fsp3) is 0.273. The first kappa shape index (κ1) is 22.6. The second-order valence-electron chi connectivity index (χ2n) is 6.52. The van der Waals surface area contributed by atoms with Gasteiger partial charge in [-0.15, -0.1) is 0 Å². The molecule has 3 N–H and O–H groups in total. The van der Waals surface area contributed by atoms with Gasteiger partial charge >= 0.3 is 0 Å². The zero-order chi connectivity index (χ0) is 22.3. The maximum absolute atomic E-state index is 12.4. The van der Waals surface area contributed by atoms with Crippen molar-refractivity contribution in [2.75, 3.05) is 26.6 Å². The fourth-order valence-corrected chi connectivity index (χ4v) is 2.67. The minimum atomic E-state index is -0.708. The summed E-state index contributed by atoms with van der Waals surface area (Å²) in [5.41, 5.74) is 6.48. The molecule has 2 aromatic rings. The first-order valence-corrected chi connectivity index (χ1v) is 9.18. The predicted molar refractivity (Wildman–Crippen MR) is 114 cm³/mol. The standard InChI is InChI=1S/C22H26N2O6/c1-13(2)30-17-8-6-14(10-18(17)27-3)7-9-21(25)24-16-12-20(29-5)19(28-4)11-15(16)22(23)26/h6-13H,1-5H3,(H2,23,26)(H,24,25)/b9-7+. The maximum Gasteiger partial charge on any atom is 0.250 e. The Kier molecular flexibility index (Phi) is 7.69. The van der Waals surface area contributed by atoms with Crippen LogP contribution in [0.5, 0.6) is 23.0 Å². The fourth-order valence-electron chi connectivity index (χ4n) is 2.67. The highest BCUT2D eigenvalue weighted by Gasteiger charge is 2.16. The molecule has 0 spiro atoms. The molecule has 160 valence electrons. The van der Waals surface area contributed by atoms with Crippen molar-refractivity contribution in [1.29, 1.82) is 0 Å². The van der Waals surface area contributed by atoms with Crippen LogP contribution in [-0.4, -0.2) is 39.2 Å². The third-order valence-electron chi connectivity index (χ3n) is 4.02. The Morgan fingerprint density at radius 1 is 0.933 bits per heavy atom. The summed E-state index contributed by atoms with van der Waals surface area (Å²) in [5, 5.41) is 2.64. The topological polar surface area (TPSA) is 109 Å². The zero-order valence-electron chi connectivity index (χ0n) is 17.6. The number of hydrogen-bond donors (Lipinski definition) is 2. The van der Waals surface area contributed by atoms with Crippen LogP contribution in [0.3, 0.4) is 0 Å². The predicted octanol–water partition coefficient (Wildman–Crippen LogP) is 3.25. The summed E-state index contributed by atoms with van der Waals surface area (Å²) in [5.74, 6) is 0.697. The smallest absolute Gasteiger partial charge is 0.250 e. The van der Waals surface area contributed by atoms with Gasteiger partial charge in [-0.05, 0) is 43.7 Å². The number of anilines is 1. The van der Waals surface area contributed by atoms with Crippen LogP contribution in [0.15, 0.2) is 36.4 Å². The molecular weight excluding hydrogens is 388 g/mol. The Morgan fingerprint density at radius 2 is 1.53 bits per heavy atom. The number of amides is 2. The van der Waals surface area contributed by atoms with Crippen LogP contribution >= 0.6 is 0 Å². The van der Waals surface area contributed by atoms with Gasteiger partial charge in [0.2, 0.25) is 5.91 Å². The molecule has 0 aromatic heterocycles. The lowest BCUT2D eigenvalue weighted by Crippen LogP contribution is -2.17. The normalized spacial score (nSPS) is 10.7. The molecule has 8 heteroatoms. The van der Waals surface area contributed by atoms with E-state index in [0.717, 1.165) is 5.56 Å². The van der Waals surface area contributed by atoms with Gasteiger partial charge in [-0.25, -0.2) is 0 Å². The lowest BCUT2D eigenvalue weighted by Gasteiger charge is -2.14. The number of carbonyl (C=O) groups is 2. The highest BCUT2D eigenvalue weighted by Crippen LogP contribution is 2.33. The first-order valence-electron chi connectivity index (χ1n) is 9.18. The number of nitrogens with two attached hydrogens (primary N) is 1. The van der Waals surface area contributed by atoms with Crippen molar-refractivity contribution < 1.29 is 28.5 Å². The average molecular weight is 414 g/mol. The van der Waals surface area contributed by atoms with E-state index >= 15 is 0 Å². The van der Waals surface area contributed by atoms with Crippen molar-refractivity contribution in [3.8, 4) is 23.0 Å². The van der Waals surface area contributed by atoms with Gasteiger partial charge in [-0.3, -0.25) is 9.59 Å². The molecule has 0 atom stereocenters. The van der Waals surface area contributed by atoms with Gasteiger partial charge in [0, 0.05) is 12.1 Å². The Morgan fingerprint density at radius 3 is 2.10 bits per heavy atom. The number of nitrogens with one attached hydrogen (secondary N) is 1. The minimum absolute atomic E-state index is 0.00649. The van der Waals surface area contributed by atoms with E-state index in [9.17, 15) is 9.59 Å². The molecule has 0 aliphatic carbocycles. The van der Waals surface area contributed by atoms with E-state index in [1.807, 2.05) is 13.8 Å². The summed E-state index contributed by atoms with van der Waals surface area (Å²) >= 11 is 0. The van der Waals surface area contributed by atoms with E-state index in [1.165, 1.54) is 32.4 Å². The Labute approximate surface area is 175 Å². The highest BCUT2D eigenvalue weighted by molar-refractivity contribution is 6.07. The second-order valence-corrected chi connectivity index (χ2v) is 6.52. The summed E-state index contributed by atoms with van der Waals surface area (Å²) in [7, 11) is 4.44. The molecule has 0 fully saturated rings. The van der Waals surface area contributed by atoms with E-state index in [0.29, 0.717) is 23.0 Å². The third kappa shape index (κ3) is 5.66.